The molecule has 0 aliphatic rings. The number of amides is 1. The quantitative estimate of drug-likeness (QED) is 0.785. The molecule has 0 saturated carbocycles. The lowest BCUT2D eigenvalue weighted by atomic mass is 10.1. The summed E-state index contributed by atoms with van der Waals surface area (Å²) >= 11 is 1.51. The van der Waals surface area contributed by atoms with E-state index >= 15 is 0 Å². The van der Waals surface area contributed by atoms with Crippen LogP contribution < -0.4 is 5.32 Å². The van der Waals surface area contributed by atoms with Crippen molar-refractivity contribution in [2.24, 2.45) is 0 Å². The molecule has 1 N–H and O–H groups in total. The highest BCUT2D eigenvalue weighted by Gasteiger charge is 2.14. The minimum absolute atomic E-state index is 0.0762. The maximum atomic E-state index is 12.1. The Morgan fingerprint density at radius 1 is 1.60 bits per heavy atom. The van der Waals surface area contributed by atoms with Crippen LogP contribution in [0.15, 0.2) is 40.6 Å². The first-order valence-electron chi connectivity index (χ1n) is 6.48. The van der Waals surface area contributed by atoms with Crippen LogP contribution in [0.3, 0.4) is 0 Å². The average Bonchev–Trinajstić information content (AvgIpc) is 3.12. The average molecular weight is 289 g/mol. The fraction of sp³-hybridized carbons (Fsp3) is 0.286. The van der Waals surface area contributed by atoms with E-state index in [1.807, 2.05) is 35.0 Å². The van der Waals surface area contributed by atoms with Crippen LogP contribution in [-0.4, -0.2) is 21.3 Å². The number of thiazole rings is 1. The third kappa shape index (κ3) is 2.75. The van der Waals surface area contributed by atoms with Gasteiger partial charge in [-0.1, -0.05) is 0 Å². The molecule has 0 aliphatic carbocycles. The van der Waals surface area contributed by atoms with Gasteiger partial charge in [0.05, 0.1) is 6.26 Å². The Morgan fingerprint density at radius 2 is 2.50 bits per heavy atom. The number of carbonyl (C=O) groups is 1. The molecule has 3 aromatic heterocycles. The highest BCUT2D eigenvalue weighted by Crippen LogP contribution is 2.12. The fourth-order valence-electron chi connectivity index (χ4n) is 2.02. The number of hydrogen-bond donors (Lipinski definition) is 1. The number of nitrogens with one attached hydrogen (secondary N) is 1. The molecular formula is C14H15N3O2S. The first-order valence-corrected chi connectivity index (χ1v) is 7.36. The molecule has 0 radical (unpaired) electrons. The minimum atomic E-state index is -0.132. The van der Waals surface area contributed by atoms with Crippen LogP contribution >= 0.6 is 11.3 Å². The Kier molecular flexibility index (Phi) is 3.56. The Hall–Kier alpha value is -2.08. The minimum Gasteiger partial charge on any atom is -0.469 e. The molecule has 0 spiro atoms. The number of aryl methyl sites for hydroxylation is 1. The lowest BCUT2D eigenvalue weighted by molar-refractivity contribution is 0.0933. The van der Waals surface area contributed by atoms with E-state index in [1.54, 1.807) is 12.5 Å². The van der Waals surface area contributed by atoms with Crippen molar-refractivity contribution in [1.29, 1.82) is 0 Å². The summed E-state index contributed by atoms with van der Waals surface area (Å²) in [6, 6.07) is 3.89. The van der Waals surface area contributed by atoms with E-state index in [0.29, 0.717) is 5.69 Å². The summed E-state index contributed by atoms with van der Waals surface area (Å²) in [5.74, 6) is 0.807. The van der Waals surface area contributed by atoms with E-state index in [9.17, 15) is 4.79 Å². The van der Waals surface area contributed by atoms with Crippen LogP contribution in [-0.2, 0) is 6.42 Å². The molecule has 20 heavy (non-hydrogen) atoms. The summed E-state index contributed by atoms with van der Waals surface area (Å²) in [5.41, 5.74) is 0.460. The van der Waals surface area contributed by atoms with Crippen LogP contribution in [0.25, 0.3) is 4.96 Å². The number of aromatic nitrogens is 2. The van der Waals surface area contributed by atoms with E-state index in [1.165, 1.54) is 11.3 Å². The Balaban J connectivity index is 1.56. The third-order valence-electron chi connectivity index (χ3n) is 3.11. The van der Waals surface area contributed by atoms with Crippen LogP contribution in [0, 0.1) is 0 Å². The van der Waals surface area contributed by atoms with Crippen molar-refractivity contribution in [3.63, 3.8) is 0 Å². The van der Waals surface area contributed by atoms with Crippen molar-refractivity contribution in [2.75, 3.05) is 0 Å². The summed E-state index contributed by atoms with van der Waals surface area (Å²) in [6.45, 7) is 1.99. The van der Waals surface area contributed by atoms with Crippen LogP contribution in [0.5, 0.6) is 0 Å². The number of nitrogens with zero attached hydrogens (tertiary/aromatic N) is 2. The molecule has 3 heterocycles. The molecule has 104 valence electrons. The molecular weight excluding hydrogens is 274 g/mol. The number of rotatable bonds is 5. The maximum Gasteiger partial charge on any atom is 0.271 e. The van der Waals surface area contributed by atoms with E-state index in [-0.39, 0.29) is 11.9 Å². The second-order valence-corrected chi connectivity index (χ2v) is 5.58. The molecule has 0 unspecified atom stereocenters. The summed E-state index contributed by atoms with van der Waals surface area (Å²) in [5, 5.41) is 4.90. The van der Waals surface area contributed by atoms with Gasteiger partial charge in [-0.3, -0.25) is 9.20 Å². The summed E-state index contributed by atoms with van der Waals surface area (Å²) < 4.78 is 7.13. The van der Waals surface area contributed by atoms with E-state index in [2.05, 4.69) is 10.3 Å². The molecule has 0 aromatic carbocycles. The van der Waals surface area contributed by atoms with Crippen molar-refractivity contribution in [3.8, 4) is 0 Å². The standard InChI is InChI=1S/C14H15N3O2S/c1-10(4-5-11-3-2-7-19-11)15-13(18)12-9-17-6-8-20-14(17)16-12/h2-3,6-10H,4-5H2,1H3,(H,15,18)/t10-/m0/s1. The fourth-order valence-corrected chi connectivity index (χ4v) is 2.72. The van der Waals surface area contributed by atoms with Gasteiger partial charge in [0.25, 0.3) is 5.91 Å². The van der Waals surface area contributed by atoms with Gasteiger partial charge in [-0.05, 0) is 25.5 Å². The smallest absolute Gasteiger partial charge is 0.271 e. The van der Waals surface area contributed by atoms with Crippen LogP contribution in [0.4, 0.5) is 0 Å². The second-order valence-electron chi connectivity index (χ2n) is 4.71. The van der Waals surface area contributed by atoms with Gasteiger partial charge in [0.2, 0.25) is 0 Å². The second kappa shape index (κ2) is 5.50. The van der Waals surface area contributed by atoms with Gasteiger partial charge in [-0.25, -0.2) is 4.98 Å². The molecule has 5 nitrogen and oxygen atoms in total. The first-order chi connectivity index (χ1) is 9.72. The number of furan rings is 1. The van der Waals surface area contributed by atoms with Gasteiger partial charge < -0.3 is 9.73 Å². The molecule has 1 amide bonds. The SMILES string of the molecule is C[C@@H](CCc1ccco1)NC(=O)c1cn2ccsc2n1. The zero-order valence-electron chi connectivity index (χ0n) is 11.1. The summed E-state index contributed by atoms with van der Waals surface area (Å²) in [4.78, 5) is 17.2. The Morgan fingerprint density at radius 3 is 3.25 bits per heavy atom. The number of hydrogen-bond acceptors (Lipinski definition) is 4. The predicted octanol–water partition coefficient (Wildman–Crippen LogP) is 2.74. The number of carbonyl (C=O) groups excluding carboxylic acids is 1. The largest absolute Gasteiger partial charge is 0.469 e. The highest BCUT2D eigenvalue weighted by atomic mass is 32.1. The maximum absolute atomic E-state index is 12.1. The summed E-state index contributed by atoms with van der Waals surface area (Å²) in [6.07, 6.45) is 6.95. The molecule has 3 aromatic rings. The van der Waals surface area contributed by atoms with Gasteiger partial charge in [-0.15, -0.1) is 11.3 Å². The lowest BCUT2D eigenvalue weighted by Crippen LogP contribution is -2.33. The van der Waals surface area contributed by atoms with E-state index in [4.69, 9.17) is 4.42 Å². The molecule has 0 saturated heterocycles. The van der Waals surface area contributed by atoms with Gasteiger partial charge in [0.1, 0.15) is 11.5 Å². The lowest BCUT2D eigenvalue weighted by Gasteiger charge is -2.11. The zero-order valence-corrected chi connectivity index (χ0v) is 11.9. The monoisotopic (exact) mass is 289 g/mol. The van der Waals surface area contributed by atoms with Gasteiger partial charge >= 0.3 is 0 Å². The van der Waals surface area contributed by atoms with Crippen molar-refractivity contribution in [3.05, 3.63) is 47.6 Å². The van der Waals surface area contributed by atoms with Crippen molar-refractivity contribution in [2.45, 2.75) is 25.8 Å². The van der Waals surface area contributed by atoms with Gasteiger partial charge in [0.15, 0.2) is 4.96 Å². The van der Waals surface area contributed by atoms with Gasteiger partial charge in [0, 0.05) is 30.2 Å². The zero-order chi connectivity index (χ0) is 13.9. The molecule has 0 bridgehead atoms. The van der Waals surface area contributed by atoms with E-state index in [0.717, 1.165) is 23.6 Å². The number of imidazole rings is 1. The molecule has 0 fully saturated rings. The third-order valence-corrected chi connectivity index (χ3v) is 3.88. The molecule has 1 atom stereocenters. The topological polar surface area (TPSA) is 59.5 Å². The first kappa shape index (κ1) is 12.9. The molecule has 6 heteroatoms. The van der Waals surface area contributed by atoms with Crippen LogP contribution in [0.2, 0.25) is 0 Å². The summed E-state index contributed by atoms with van der Waals surface area (Å²) in [7, 11) is 0. The normalized spacial score (nSPS) is 12.7. The Bertz CT molecular complexity index is 670. The highest BCUT2D eigenvalue weighted by molar-refractivity contribution is 7.15. The number of fused-ring (bicyclic) bond motifs is 1. The van der Waals surface area contributed by atoms with Crippen molar-refractivity contribution < 1.29 is 9.21 Å². The Labute approximate surface area is 120 Å². The van der Waals surface area contributed by atoms with E-state index < -0.39 is 0 Å². The van der Waals surface area contributed by atoms with Crippen LogP contribution in [0.1, 0.15) is 29.6 Å². The predicted molar refractivity (Wildman–Crippen MR) is 77.0 cm³/mol. The van der Waals surface area contributed by atoms with Gasteiger partial charge in [-0.2, -0.15) is 0 Å². The van der Waals surface area contributed by atoms with Crippen molar-refractivity contribution >= 4 is 22.2 Å². The van der Waals surface area contributed by atoms with Crippen molar-refractivity contribution in [1.82, 2.24) is 14.7 Å². The molecule has 0 aliphatic heterocycles. The molecule has 3 rings (SSSR count).